The third kappa shape index (κ3) is 2.27. The third-order valence-electron chi connectivity index (χ3n) is 3.73. The van der Waals surface area contributed by atoms with Crippen molar-refractivity contribution in [1.82, 2.24) is 10.2 Å². The van der Waals surface area contributed by atoms with Gasteiger partial charge in [0, 0.05) is 12.6 Å². The molecule has 0 aromatic rings. The predicted molar refractivity (Wildman–Crippen MR) is 59.0 cm³/mol. The van der Waals surface area contributed by atoms with E-state index in [-0.39, 0.29) is 0 Å². The maximum Gasteiger partial charge on any atom is 0.0576 e. The summed E-state index contributed by atoms with van der Waals surface area (Å²) < 4.78 is 0. The lowest BCUT2D eigenvalue weighted by Crippen LogP contribution is -2.54. The van der Waals surface area contributed by atoms with Crippen molar-refractivity contribution in [3.63, 3.8) is 0 Å². The monoisotopic (exact) mass is 197 g/mol. The van der Waals surface area contributed by atoms with Gasteiger partial charge in [0.1, 0.15) is 0 Å². The Morgan fingerprint density at radius 3 is 2.57 bits per heavy atom. The van der Waals surface area contributed by atoms with Crippen LogP contribution in [0.15, 0.2) is 0 Å². The number of nitrogens with one attached hydrogen (secondary N) is 1. The molecule has 0 spiro atoms. The van der Waals surface area contributed by atoms with Crippen LogP contribution in [-0.2, 0) is 0 Å². The van der Waals surface area contributed by atoms with Gasteiger partial charge in [-0.3, -0.25) is 4.90 Å². The molecule has 0 bridgehead atoms. The van der Waals surface area contributed by atoms with E-state index in [1.165, 1.54) is 45.3 Å². The van der Waals surface area contributed by atoms with Crippen molar-refractivity contribution in [2.75, 3.05) is 19.6 Å². The quantitative estimate of drug-likeness (QED) is 0.652. The van der Waals surface area contributed by atoms with Gasteiger partial charge in [0.25, 0.3) is 0 Å². The topological polar surface area (TPSA) is 41.3 Å². The van der Waals surface area contributed by atoms with Crippen LogP contribution in [0.2, 0.25) is 0 Å². The molecule has 82 valence electrons. The van der Waals surface area contributed by atoms with Gasteiger partial charge in [-0.25, -0.2) is 0 Å². The van der Waals surface area contributed by atoms with E-state index < -0.39 is 0 Å². The molecule has 2 atom stereocenters. The van der Waals surface area contributed by atoms with Gasteiger partial charge in [-0.15, -0.1) is 0 Å². The molecule has 0 radical (unpaired) electrons. The molecule has 0 amide bonds. The highest BCUT2D eigenvalue weighted by Gasteiger charge is 2.29. The maximum absolute atomic E-state index is 6.21. The molecular formula is C11H23N3. The summed E-state index contributed by atoms with van der Waals surface area (Å²) in [5.41, 5.74) is 6.21. The minimum Gasteiger partial charge on any atom is -0.317 e. The summed E-state index contributed by atoms with van der Waals surface area (Å²) in [6.07, 6.45) is 5.40. The third-order valence-corrected chi connectivity index (χ3v) is 3.73. The molecule has 2 aliphatic rings. The zero-order valence-electron chi connectivity index (χ0n) is 9.21. The van der Waals surface area contributed by atoms with Crippen molar-refractivity contribution in [1.29, 1.82) is 0 Å². The average molecular weight is 197 g/mol. The Morgan fingerprint density at radius 2 is 1.93 bits per heavy atom. The highest BCUT2D eigenvalue weighted by Crippen LogP contribution is 2.24. The fourth-order valence-corrected chi connectivity index (χ4v) is 2.79. The van der Waals surface area contributed by atoms with Gasteiger partial charge >= 0.3 is 0 Å². The van der Waals surface area contributed by atoms with Gasteiger partial charge in [0.2, 0.25) is 0 Å². The summed E-state index contributed by atoms with van der Waals surface area (Å²) in [6, 6.07) is 0.749. The van der Waals surface area contributed by atoms with Crippen molar-refractivity contribution >= 4 is 0 Å². The lowest BCUT2D eigenvalue weighted by atomic mass is 9.93. The molecule has 2 rings (SSSR count). The first-order chi connectivity index (χ1) is 6.77. The molecule has 3 heteroatoms. The molecule has 2 heterocycles. The second kappa shape index (κ2) is 4.60. The number of nitrogens with two attached hydrogens (primary N) is 1. The fraction of sp³-hybridized carbons (Fsp3) is 1.00. The van der Waals surface area contributed by atoms with E-state index in [2.05, 4.69) is 17.1 Å². The van der Waals surface area contributed by atoms with Crippen LogP contribution in [0.3, 0.4) is 0 Å². The van der Waals surface area contributed by atoms with Crippen molar-refractivity contribution < 1.29 is 0 Å². The smallest absolute Gasteiger partial charge is 0.0576 e. The van der Waals surface area contributed by atoms with Gasteiger partial charge in [-0.2, -0.15) is 0 Å². The van der Waals surface area contributed by atoms with E-state index in [0.717, 1.165) is 12.0 Å². The Balaban J connectivity index is 1.89. The standard InChI is InChI=1S/C11H23N3/c1-9-4-7-14(11(12)8-9)10-2-5-13-6-3-10/h9-11,13H,2-8,12H2,1H3. The molecule has 3 nitrogen and oxygen atoms in total. The largest absolute Gasteiger partial charge is 0.317 e. The van der Waals surface area contributed by atoms with Crippen molar-refractivity contribution in [2.24, 2.45) is 11.7 Å². The number of nitrogens with zero attached hydrogens (tertiary/aromatic N) is 1. The molecule has 3 N–H and O–H groups in total. The number of hydrogen-bond donors (Lipinski definition) is 2. The molecule has 2 saturated heterocycles. The zero-order chi connectivity index (χ0) is 9.97. The summed E-state index contributed by atoms with van der Waals surface area (Å²) in [6.45, 7) is 5.87. The molecule has 2 unspecified atom stereocenters. The molecule has 0 aliphatic carbocycles. The van der Waals surface area contributed by atoms with Crippen LogP contribution in [0.1, 0.15) is 32.6 Å². The number of likely N-dealkylation sites (tertiary alicyclic amines) is 1. The Hall–Kier alpha value is -0.120. The average Bonchev–Trinajstić information content (AvgIpc) is 2.19. The minimum absolute atomic E-state index is 0.321. The molecule has 0 aromatic heterocycles. The van der Waals surface area contributed by atoms with E-state index in [9.17, 15) is 0 Å². The van der Waals surface area contributed by atoms with Crippen LogP contribution in [0.5, 0.6) is 0 Å². The Kier molecular flexibility index (Phi) is 3.42. The van der Waals surface area contributed by atoms with E-state index >= 15 is 0 Å². The summed E-state index contributed by atoms with van der Waals surface area (Å²) in [4.78, 5) is 2.54. The van der Waals surface area contributed by atoms with Crippen LogP contribution in [0, 0.1) is 5.92 Å². The summed E-state index contributed by atoms with van der Waals surface area (Å²) in [5.74, 6) is 0.822. The molecule has 2 aliphatic heterocycles. The van der Waals surface area contributed by atoms with Gasteiger partial charge in [0.15, 0.2) is 0 Å². The Bertz CT molecular complexity index is 177. The molecule has 14 heavy (non-hydrogen) atoms. The van der Waals surface area contributed by atoms with Crippen molar-refractivity contribution in [3.8, 4) is 0 Å². The van der Waals surface area contributed by atoms with E-state index in [1.807, 2.05) is 0 Å². The predicted octanol–water partition coefficient (Wildman–Crippen LogP) is 0.755. The molecule has 0 aromatic carbocycles. The van der Waals surface area contributed by atoms with Crippen molar-refractivity contribution in [3.05, 3.63) is 0 Å². The van der Waals surface area contributed by atoms with E-state index in [0.29, 0.717) is 6.17 Å². The first kappa shape index (κ1) is 10.4. The maximum atomic E-state index is 6.21. The molecule has 0 saturated carbocycles. The first-order valence-electron chi connectivity index (χ1n) is 5.99. The van der Waals surface area contributed by atoms with Crippen LogP contribution in [0.4, 0.5) is 0 Å². The second-order valence-electron chi connectivity index (χ2n) is 4.92. The Labute approximate surface area is 87.0 Å². The number of rotatable bonds is 1. The lowest BCUT2D eigenvalue weighted by molar-refractivity contribution is 0.0599. The molecular weight excluding hydrogens is 174 g/mol. The fourth-order valence-electron chi connectivity index (χ4n) is 2.79. The number of piperidine rings is 2. The van der Waals surface area contributed by atoms with E-state index in [4.69, 9.17) is 5.73 Å². The first-order valence-corrected chi connectivity index (χ1v) is 5.99. The lowest BCUT2D eigenvalue weighted by Gasteiger charge is -2.43. The van der Waals surface area contributed by atoms with Crippen LogP contribution in [-0.4, -0.2) is 36.7 Å². The van der Waals surface area contributed by atoms with Crippen molar-refractivity contribution in [2.45, 2.75) is 44.8 Å². The van der Waals surface area contributed by atoms with Crippen LogP contribution < -0.4 is 11.1 Å². The van der Waals surface area contributed by atoms with Crippen LogP contribution >= 0.6 is 0 Å². The minimum atomic E-state index is 0.321. The van der Waals surface area contributed by atoms with Gasteiger partial charge in [0.05, 0.1) is 6.17 Å². The summed E-state index contributed by atoms with van der Waals surface area (Å²) >= 11 is 0. The highest BCUT2D eigenvalue weighted by atomic mass is 15.3. The SMILES string of the molecule is CC1CCN(C2CCNCC2)C(N)C1. The summed E-state index contributed by atoms with van der Waals surface area (Å²) in [5, 5.41) is 3.41. The summed E-state index contributed by atoms with van der Waals surface area (Å²) in [7, 11) is 0. The van der Waals surface area contributed by atoms with Gasteiger partial charge in [-0.05, 0) is 44.7 Å². The molecule has 2 fully saturated rings. The highest BCUT2D eigenvalue weighted by molar-refractivity contribution is 4.84. The Morgan fingerprint density at radius 1 is 1.21 bits per heavy atom. The van der Waals surface area contributed by atoms with Gasteiger partial charge in [-0.1, -0.05) is 6.92 Å². The normalized spacial score (nSPS) is 37.3. The second-order valence-corrected chi connectivity index (χ2v) is 4.92. The van der Waals surface area contributed by atoms with Gasteiger partial charge < -0.3 is 11.1 Å². The van der Waals surface area contributed by atoms with E-state index in [1.54, 1.807) is 0 Å². The number of hydrogen-bond acceptors (Lipinski definition) is 3. The zero-order valence-corrected chi connectivity index (χ0v) is 9.21. The van der Waals surface area contributed by atoms with Crippen LogP contribution in [0.25, 0.3) is 0 Å².